The Bertz CT molecular complexity index is 385. The number of hydrogen-bond acceptors (Lipinski definition) is 1. The number of rotatable bonds is 8. The fourth-order valence-corrected chi connectivity index (χ4v) is 3.35. The van der Waals surface area contributed by atoms with Crippen molar-refractivity contribution >= 4 is 5.69 Å². The van der Waals surface area contributed by atoms with E-state index in [0.717, 1.165) is 5.92 Å². The minimum absolute atomic E-state index is 0.681. The number of para-hydroxylation sites is 1. The van der Waals surface area contributed by atoms with Crippen LogP contribution in [-0.4, -0.2) is 6.04 Å². The fourth-order valence-electron chi connectivity index (χ4n) is 3.35. The molecule has 0 fully saturated rings. The minimum Gasteiger partial charge on any atom is -0.382 e. The largest absolute Gasteiger partial charge is 0.382 e. The Morgan fingerprint density at radius 2 is 1.70 bits per heavy atom. The Balaban J connectivity index is 1.67. The van der Waals surface area contributed by atoms with Crippen molar-refractivity contribution in [3.8, 4) is 0 Å². The molecule has 1 heterocycles. The lowest BCUT2D eigenvalue weighted by molar-refractivity contribution is 0.422. The van der Waals surface area contributed by atoms with Gasteiger partial charge in [-0.05, 0) is 30.4 Å². The van der Waals surface area contributed by atoms with Crippen LogP contribution in [0.4, 0.5) is 5.69 Å². The van der Waals surface area contributed by atoms with E-state index in [-0.39, 0.29) is 0 Å². The molecule has 1 aliphatic rings. The van der Waals surface area contributed by atoms with Crippen molar-refractivity contribution in [2.24, 2.45) is 5.92 Å². The number of anilines is 1. The van der Waals surface area contributed by atoms with Gasteiger partial charge in [0.15, 0.2) is 0 Å². The van der Waals surface area contributed by atoms with Gasteiger partial charge >= 0.3 is 0 Å². The van der Waals surface area contributed by atoms with Crippen molar-refractivity contribution in [3.63, 3.8) is 0 Å². The second-order valence-electron chi connectivity index (χ2n) is 6.50. The quantitative estimate of drug-likeness (QED) is 0.590. The van der Waals surface area contributed by atoms with Gasteiger partial charge < -0.3 is 5.32 Å². The van der Waals surface area contributed by atoms with Crippen LogP contribution in [0.25, 0.3) is 0 Å². The molecule has 0 saturated carbocycles. The summed E-state index contributed by atoms with van der Waals surface area (Å²) in [5.74, 6) is 0.769. The second-order valence-corrected chi connectivity index (χ2v) is 6.50. The fraction of sp³-hybridized carbons (Fsp3) is 0.684. The lowest BCUT2D eigenvalue weighted by Crippen LogP contribution is -2.33. The Morgan fingerprint density at radius 3 is 2.50 bits per heavy atom. The molecule has 0 radical (unpaired) electrons. The van der Waals surface area contributed by atoms with Crippen LogP contribution in [0.1, 0.15) is 70.8 Å². The van der Waals surface area contributed by atoms with E-state index in [0.29, 0.717) is 6.04 Å². The van der Waals surface area contributed by atoms with Crippen LogP contribution in [0.15, 0.2) is 24.3 Å². The van der Waals surface area contributed by atoms with E-state index >= 15 is 0 Å². The molecule has 0 aromatic heterocycles. The maximum absolute atomic E-state index is 3.76. The van der Waals surface area contributed by atoms with Crippen molar-refractivity contribution in [1.29, 1.82) is 0 Å². The molecular formula is C19H31N. The van der Waals surface area contributed by atoms with E-state index in [1.54, 1.807) is 0 Å². The van der Waals surface area contributed by atoms with Crippen molar-refractivity contribution in [2.45, 2.75) is 77.7 Å². The van der Waals surface area contributed by atoms with Gasteiger partial charge in [-0.1, -0.05) is 77.0 Å². The normalized spacial score (nSPS) is 21.3. The van der Waals surface area contributed by atoms with Crippen LogP contribution in [-0.2, 0) is 6.42 Å². The van der Waals surface area contributed by atoms with Gasteiger partial charge in [0.1, 0.15) is 0 Å². The first-order valence-electron chi connectivity index (χ1n) is 8.65. The number of nitrogens with one attached hydrogen (secondary N) is 1. The van der Waals surface area contributed by atoms with Gasteiger partial charge in [0.25, 0.3) is 0 Å². The molecule has 0 spiro atoms. The summed E-state index contributed by atoms with van der Waals surface area (Å²) in [4.78, 5) is 0. The Labute approximate surface area is 125 Å². The smallest absolute Gasteiger partial charge is 0.0375 e. The van der Waals surface area contributed by atoms with E-state index in [1.807, 2.05) is 0 Å². The summed E-state index contributed by atoms with van der Waals surface area (Å²) in [6.45, 7) is 4.68. The first-order chi connectivity index (χ1) is 9.81. The van der Waals surface area contributed by atoms with Gasteiger partial charge in [-0.3, -0.25) is 0 Å². The second kappa shape index (κ2) is 8.34. The number of unbranched alkanes of at least 4 members (excludes halogenated alkanes) is 6. The summed E-state index contributed by atoms with van der Waals surface area (Å²) in [5, 5.41) is 3.76. The predicted molar refractivity (Wildman–Crippen MR) is 89.3 cm³/mol. The predicted octanol–water partition coefficient (Wildman–Crippen LogP) is 5.80. The lowest BCUT2D eigenvalue weighted by Gasteiger charge is -2.32. The summed E-state index contributed by atoms with van der Waals surface area (Å²) < 4.78 is 0. The molecular weight excluding hydrogens is 242 g/mol. The molecule has 20 heavy (non-hydrogen) atoms. The Hall–Kier alpha value is -0.980. The summed E-state index contributed by atoms with van der Waals surface area (Å²) in [6, 6.07) is 9.48. The first kappa shape index (κ1) is 15.4. The Kier molecular flexibility index (Phi) is 6.42. The van der Waals surface area contributed by atoms with Gasteiger partial charge in [-0.25, -0.2) is 0 Å². The van der Waals surface area contributed by atoms with Crippen molar-refractivity contribution in [3.05, 3.63) is 29.8 Å². The van der Waals surface area contributed by atoms with E-state index in [4.69, 9.17) is 0 Å². The maximum atomic E-state index is 3.76. The average molecular weight is 273 g/mol. The number of hydrogen-bond donors (Lipinski definition) is 1. The van der Waals surface area contributed by atoms with Gasteiger partial charge in [0.05, 0.1) is 0 Å². The monoisotopic (exact) mass is 273 g/mol. The topological polar surface area (TPSA) is 12.0 Å². The van der Waals surface area contributed by atoms with Crippen LogP contribution in [0.3, 0.4) is 0 Å². The average Bonchev–Trinajstić information content (AvgIpc) is 2.46. The first-order valence-corrected chi connectivity index (χ1v) is 8.65. The Morgan fingerprint density at radius 1 is 1.00 bits per heavy atom. The van der Waals surface area contributed by atoms with E-state index in [1.165, 1.54) is 69.0 Å². The van der Waals surface area contributed by atoms with Crippen LogP contribution in [0, 0.1) is 5.92 Å². The van der Waals surface area contributed by atoms with Gasteiger partial charge in [-0.2, -0.15) is 0 Å². The molecule has 2 atom stereocenters. The summed E-state index contributed by atoms with van der Waals surface area (Å²) >= 11 is 0. The highest BCUT2D eigenvalue weighted by atomic mass is 14.9. The standard InChI is InChI=1S/C19H31N/c1-3-4-5-6-7-8-9-13-18-16(2)15-17-12-10-11-14-19(17)20-18/h10-12,14,16,18,20H,3-9,13,15H2,1-2H3. The number of fused-ring (bicyclic) bond motifs is 1. The third kappa shape index (κ3) is 4.54. The van der Waals surface area contributed by atoms with E-state index < -0.39 is 0 Å². The van der Waals surface area contributed by atoms with Gasteiger partial charge in [-0.15, -0.1) is 0 Å². The van der Waals surface area contributed by atoms with Crippen LogP contribution < -0.4 is 5.32 Å². The zero-order valence-corrected chi connectivity index (χ0v) is 13.3. The SMILES string of the molecule is CCCCCCCCCC1Nc2ccccc2CC1C. The van der Waals surface area contributed by atoms with Crippen LogP contribution in [0.2, 0.25) is 0 Å². The molecule has 2 rings (SSSR count). The van der Waals surface area contributed by atoms with Crippen molar-refractivity contribution in [1.82, 2.24) is 0 Å². The van der Waals surface area contributed by atoms with E-state index in [2.05, 4.69) is 43.4 Å². The van der Waals surface area contributed by atoms with Gasteiger partial charge in [0, 0.05) is 11.7 Å². The van der Waals surface area contributed by atoms with Crippen LogP contribution >= 0.6 is 0 Å². The molecule has 0 saturated heterocycles. The summed E-state index contributed by atoms with van der Waals surface area (Å²) in [6.07, 6.45) is 12.4. The summed E-state index contributed by atoms with van der Waals surface area (Å²) in [5.41, 5.74) is 2.87. The highest BCUT2D eigenvalue weighted by Crippen LogP contribution is 2.30. The minimum atomic E-state index is 0.681. The third-order valence-corrected chi connectivity index (χ3v) is 4.71. The molecule has 1 N–H and O–H groups in total. The molecule has 1 aromatic carbocycles. The molecule has 1 aliphatic heterocycles. The maximum Gasteiger partial charge on any atom is 0.0375 e. The highest BCUT2D eigenvalue weighted by molar-refractivity contribution is 5.54. The molecule has 2 unspecified atom stereocenters. The lowest BCUT2D eigenvalue weighted by atomic mass is 9.86. The van der Waals surface area contributed by atoms with Crippen molar-refractivity contribution in [2.75, 3.05) is 5.32 Å². The number of benzene rings is 1. The molecule has 1 nitrogen and oxygen atoms in total. The highest BCUT2D eigenvalue weighted by Gasteiger charge is 2.23. The van der Waals surface area contributed by atoms with E-state index in [9.17, 15) is 0 Å². The molecule has 112 valence electrons. The summed E-state index contributed by atoms with van der Waals surface area (Å²) in [7, 11) is 0. The third-order valence-electron chi connectivity index (χ3n) is 4.71. The molecule has 1 heteroatoms. The molecule has 0 aliphatic carbocycles. The van der Waals surface area contributed by atoms with Crippen molar-refractivity contribution < 1.29 is 0 Å². The molecule has 0 bridgehead atoms. The molecule has 0 amide bonds. The van der Waals surface area contributed by atoms with Gasteiger partial charge in [0.2, 0.25) is 0 Å². The zero-order valence-electron chi connectivity index (χ0n) is 13.3. The molecule has 1 aromatic rings. The zero-order chi connectivity index (χ0) is 14.2. The van der Waals surface area contributed by atoms with Crippen LogP contribution in [0.5, 0.6) is 0 Å².